The highest BCUT2D eigenvalue weighted by atomic mass is 14.8. The van der Waals surface area contributed by atoms with Crippen LogP contribution < -0.4 is 0 Å². The Bertz CT molecular complexity index is 552. The maximum atomic E-state index is 4.78. The molecule has 0 atom stereocenters. The summed E-state index contributed by atoms with van der Waals surface area (Å²) in [6.45, 7) is 6.30. The van der Waals surface area contributed by atoms with E-state index in [0.29, 0.717) is 0 Å². The van der Waals surface area contributed by atoms with Gasteiger partial charge in [0.2, 0.25) is 0 Å². The van der Waals surface area contributed by atoms with Crippen LogP contribution in [0.4, 0.5) is 5.69 Å². The Labute approximate surface area is 114 Å². The van der Waals surface area contributed by atoms with Gasteiger partial charge in [0, 0.05) is 12.4 Å². The lowest BCUT2D eigenvalue weighted by Gasteiger charge is -2.09. The minimum absolute atomic E-state index is 0.829. The largest absolute Gasteiger partial charge is 0.261 e. The molecule has 0 bridgehead atoms. The Kier molecular flexibility index (Phi) is 4.39. The first-order chi connectivity index (χ1) is 9.26. The summed E-state index contributed by atoms with van der Waals surface area (Å²) < 4.78 is 0. The van der Waals surface area contributed by atoms with Crippen molar-refractivity contribution in [2.45, 2.75) is 33.6 Å². The van der Waals surface area contributed by atoms with Crippen molar-refractivity contribution < 1.29 is 0 Å². The van der Waals surface area contributed by atoms with Crippen LogP contribution in [0.2, 0.25) is 0 Å². The average molecular weight is 253 g/mol. The third-order valence-corrected chi connectivity index (χ3v) is 3.18. The molecule has 0 radical (unpaired) electrons. The summed E-state index contributed by atoms with van der Waals surface area (Å²) >= 11 is 0. The lowest BCUT2D eigenvalue weighted by Crippen LogP contribution is -1.99. The SMILES string of the molecule is CCc1cccc(CC)c1N=C(C)c1cnccn1. The van der Waals surface area contributed by atoms with E-state index in [2.05, 4.69) is 42.0 Å². The molecule has 0 saturated heterocycles. The van der Waals surface area contributed by atoms with Gasteiger partial charge in [-0.3, -0.25) is 15.0 Å². The summed E-state index contributed by atoms with van der Waals surface area (Å²) in [5, 5.41) is 0. The Morgan fingerprint density at radius 3 is 2.32 bits per heavy atom. The van der Waals surface area contributed by atoms with Crippen LogP contribution in [0, 0.1) is 0 Å². The summed E-state index contributed by atoms with van der Waals surface area (Å²) in [6.07, 6.45) is 7.09. The summed E-state index contributed by atoms with van der Waals surface area (Å²) in [7, 11) is 0. The lowest BCUT2D eigenvalue weighted by molar-refractivity contribution is 1.08. The predicted molar refractivity (Wildman–Crippen MR) is 79.1 cm³/mol. The third kappa shape index (κ3) is 3.05. The van der Waals surface area contributed by atoms with Crippen LogP contribution in [0.15, 0.2) is 41.8 Å². The first kappa shape index (κ1) is 13.4. The van der Waals surface area contributed by atoms with Gasteiger partial charge in [0.25, 0.3) is 0 Å². The predicted octanol–water partition coefficient (Wildman–Crippen LogP) is 3.74. The number of aliphatic imine (C=N–C) groups is 1. The van der Waals surface area contributed by atoms with Crippen molar-refractivity contribution in [3.63, 3.8) is 0 Å². The quantitative estimate of drug-likeness (QED) is 0.778. The van der Waals surface area contributed by atoms with E-state index in [1.165, 1.54) is 11.1 Å². The molecule has 98 valence electrons. The zero-order chi connectivity index (χ0) is 13.7. The van der Waals surface area contributed by atoms with Crippen molar-refractivity contribution in [3.8, 4) is 0 Å². The number of aryl methyl sites for hydroxylation is 2. The van der Waals surface area contributed by atoms with E-state index >= 15 is 0 Å². The number of nitrogens with zero attached hydrogens (tertiary/aromatic N) is 3. The molecule has 1 aromatic carbocycles. The number of rotatable bonds is 4. The number of aromatic nitrogens is 2. The van der Waals surface area contributed by atoms with Gasteiger partial charge in [-0.15, -0.1) is 0 Å². The van der Waals surface area contributed by atoms with Crippen LogP contribution in [-0.4, -0.2) is 15.7 Å². The van der Waals surface area contributed by atoms with Crippen LogP contribution in [0.3, 0.4) is 0 Å². The molecule has 19 heavy (non-hydrogen) atoms. The molecular formula is C16H19N3. The van der Waals surface area contributed by atoms with Gasteiger partial charge >= 0.3 is 0 Å². The summed E-state index contributed by atoms with van der Waals surface area (Å²) in [5.41, 5.74) is 5.39. The van der Waals surface area contributed by atoms with Crippen LogP contribution in [0.1, 0.15) is 37.6 Å². The summed E-state index contributed by atoms with van der Waals surface area (Å²) in [5.74, 6) is 0. The number of hydrogen-bond acceptors (Lipinski definition) is 3. The molecule has 2 aromatic rings. The van der Waals surface area contributed by atoms with Crippen molar-refractivity contribution in [1.29, 1.82) is 0 Å². The molecular weight excluding hydrogens is 234 g/mol. The lowest BCUT2D eigenvalue weighted by atomic mass is 10.0. The molecule has 0 fully saturated rings. The van der Waals surface area contributed by atoms with Gasteiger partial charge in [-0.1, -0.05) is 32.0 Å². The molecule has 0 saturated carbocycles. The first-order valence-electron chi connectivity index (χ1n) is 6.68. The van der Waals surface area contributed by atoms with Gasteiger partial charge in [0.1, 0.15) is 5.69 Å². The molecule has 0 spiro atoms. The Hall–Kier alpha value is -2.03. The first-order valence-corrected chi connectivity index (χ1v) is 6.68. The zero-order valence-electron chi connectivity index (χ0n) is 11.7. The van der Waals surface area contributed by atoms with Crippen LogP contribution in [0.25, 0.3) is 0 Å². The molecule has 0 N–H and O–H groups in total. The molecule has 0 amide bonds. The van der Waals surface area contributed by atoms with Gasteiger partial charge in [-0.2, -0.15) is 0 Å². The van der Waals surface area contributed by atoms with Gasteiger partial charge in [-0.25, -0.2) is 0 Å². The molecule has 1 heterocycles. The Morgan fingerprint density at radius 1 is 1.11 bits per heavy atom. The number of benzene rings is 1. The summed E-state index contributed by atoms with van der Waals surface area (Å²) in [4.78, 5) is 13.2. The minimum Gasteiger partial charge on any atom is -0.261 e. The van der Waals surface area contributed by atoms with Crippen molar-refractivity contribution in [3.05, 3.63) is 53.6 Å². The number of para-hydroxylation sites is 1. The third-order valence-electron chi connectivity index (χ3n) is 3.18. The molecule has 3 heteroatoms. The summed E-state index contributed by atoms with van der Waals surface area (Å²) in [6, 6.07) is 6.39. The topological polar surface area (TPSA) is 38.1 Å². The second-order valence-electron chi connectivity index (χ2n) is 4.42. The van der Waals surface area contributed by atoms with E-state index in [9.17, 15) is 0 Å². The number of hydrogen-bond donors (Lipinski definition) is 0. The average Bonchev–Trinajstić information content (AvgIpc) is 2.48. The van der Waals surface area contributed by atoms with Crippen LogP contribution >= 0.6 is 0 Å². The van der Waals surface area contributed by atoms with Crippen molar-refractivity contribution in [2.75, 3.05) is 0 Å². The minimum atomic E-state index is 0.829. The van der Waals surface area contributed by atoms with E-state index in [4.69, 9.17) is 4.99 Å². The Morgan fingerprint density at radius 2 is 1.79 bits per heavy atom. The molecule has 0 aliphatic rings. The fourth-order valence-corrected chi connectivity index (χ4v) is 2.07. The monoisotopic (exact) mass is 253 g/mol. The van der Waals surface area contributed by atoms with E-state index in [1.54, 1.807) is 18.6 Å². The highest BCUT2D eigenvalue weighted by molar-refractivity contribution is 5.98. The fourth-order valence-electron chi connectivity index (χ4n) is 2.07. The van der Waals surface area contributed by atoms with Gasteiger partial charge < -0.3 is 0 Å². The maximum absolute atomic E-state index is 4.78. The van der Waals surface area contributed by atoms with E-state index in [-0.39, 0.29) is 0 Å². The normalized spacial score (nSPS) is 11.6. The van der Waals surface area contributed by atoms with Crippen molar-refractivity contribution >= 4 is 11.4 Å². The van der Waals surface area contributed by atoms with Gasteiger partial charge in [0.05, 0.1) is 17.6 Å². The van der Waals surface area contributed by atoms with Crippen molar-refractivity contribution in [1.82, 2.24) is 9.97 Å². The maximum Gasteiger partial charge on any atom is 0.102 e. The fraction of sp³-hybridized carbons (Fsp3) is 0.312. The van der Waals surface area contributed by atoms with Crippen LogP contribution in [0.5, 0.6) is 0 Å². The standard InChI is InChI=1S/C16H19N3/c1-4-13-7-6-8-14(5-2)16(13)19-12(3)15-11-17-9-10-18-15/h6-11H,4-5H2,1-3H3. The highest BCUT2D eigenvalue weighted by Gasteiger charge is 2.06. The molecule has 0 unspecified atom stereocenters. The molecule has 1 aromatic heterocycles. The zero-order valence-corrected chi connectivity index (χ0v) is 11.7. The Balaban J connectivity index is 2.47. The van der Waals surface area contributed by atoms with Gasteiger partial charge in [-0.05, 0) is 30.9 Å². The second-order valence-corrected chi connectivity index (χ2v) is 4.42. The van der Waals surface area contributed by atoms with E-state index < -0.39 is 0 Å². The molecule has 0 aliphatic heterocycles. The van der Waals surface area contributed by atoms with Gasteiger partial charge in [0.15, 0.2) is 0 Å². The second kappa shape index (κ2) is 6.23. The molecule has 2 rings (SSSR count). The smallest absolute Gasteiger partial charge is 0.102 e. The van der Waals surface area contributed by atoms with Crippen molar-refractivity contribution in [2.24, 2.45) is 4.99 Å². The molecule has 3 nitrogen and oxygen atoms in total. The molecule has 0 aliphatic carbocycles. The van der Waals surface area contributed by atoms with E-state index in [1.807, 2.05) is 6.92 Å². The highest BCUT2D eigenvalue weighted by Crippen LogP contribution is 2.26. The van der Waals surface area contributed by atoms with Crippen LogP contribution in [-0.2, 0) is 12.8 Å². The van der Waals surface area contributed by atoms with E-state index in [0.717, 1.165) is 29.9 Å².